The second kappa shape index (κ2) is 9.97. The molecule has 0 aromatic rings. The molecule has 0 unspecified atom stereocenters. The Balaban J connectivity index is 2.48. The predicted octanol–water partition coefficient (Wildman–Crippen LogP) is 4.70. The molecule has 0 bridgehead atoms. The van der Waals surface area contributed by atoms with Crippen LogP contribution in [-0.4, -0.2) is 0 Å². The zero-order chi connectivity index (χ0) is 11.3. The van der Waals surface area contributed by atoms with Crippen LogP contribution in [0.4, 0.5) is 0 Å². The first-order valence-electron chi connectivity index (χ1n) is 5.88. The van der Waals surface area contributed by atoms with Gasteiger partial charge in [0.15, 0.2) is 0 Å². The molecular formula is C16H19. The number of hydrogen-bond acceptors (Lipinski definition) is 0. The van der Waals surface area contributed by atoms with Gasteiger partial charge in [0.2, 0.25) is 0 Å². The SMILES string of the molecule is [C]1=C/C=C/C=C/C=C\C=C\C=C\CCCC\1. The van der Waals surface area contributed by atoms with Gasteiger partial charge in [0.05, 0.1) is 0 Å². The van der Waals surface area contributed by atoms with Gasteiger partial charge in [0, 0.05) is 0 Å². The van der Waals surface area contributed by atoms with Gasteiger partial charge in [-0.15, -0.1) is 0 Å². The Kier molecular flexibility index (Phi) is 7.80. The van der Waals surface area contributed by atoms with Crippen molar-refractivity contribution in [2.45, 2.75) is 25.7 Å². The van der Waals surface area contributed by atoms with E-state index in [0.29, 0.717) is 0 Å². The second-order valence-corrected chi connectivity index (χ2v) is 3.58. The Morgan fingerprint density at radius 1 is 0.625 bits per heavy atom. The highest BCUT2D eigenvalue weighted by Crippen LogP contribution is 2.01. The van der Waals surface area contributed by atoms with Crippen molar-refractivity contribution < 1.29 is 0 Å². The van der Waals surface area contributed by atoms with Crippen molar-refractivity contribution >= 4 is 0 Å². The number of hydrogen-bond donors (Lipinski definition) is 0. The minimum Gasteiger partial charge on any atom is -0.0845 e. The first-order chi connectivity index (χ1) is 8.00. The van der Waals surface area contributed by atoms with Gasteiger partial charge < -0.3 is 0 Å². The molecule has 16 heavy (non-hydrogen) atoms. The monoisotopic (exact) mass is 211 g/mol. The van der Waals surface area contributed by atoms with Gasteiger partial charge in [0.25, 0.3) is 0 Å². The van der Waals surface area contributed by atoms with Crippen LogP contribution in [0.25, 0.3) is 0 Å². The predicted molar refractivity (Wildman–Crippen MR) is 72.0 cm³/mol. The molecule has 83 valence electrons. The van der Waals surface area contributed by atoms with E-state index < -0.39 is 0 Å². The summed E-state index contributed by atoms with van der Waals surface area (Å²) in [6.45, 7) is 0. The molecule has 0 amide bonds. The van der Waals surface area contributed by atoms with E-state index in [1.807, 2.05) is 48.6 Å². The van der Waals surface area contributed by atoms with Gasteiger partial charge in [-0.1, -0.05) is 66.8 Å². The highest BCUT2D eigenvalue weighted by Gasteiger charge is 1.82. The molecule has 0 heterocycles. The van der Waals surface area contributed by atoms with E-state index >= 15 is 0 Å². The highest BCUT2D eigenvalue weighted by molar-refractivity contribution is 5.19. The lowest BCUT2D eigenvalue weighted by Crippen LogP contribution is -1.72. The maximum atomic E-state index is 3.27. The molecule has 0 aromatic carbocycles. The summed E-state index contributed by atoms with van der Waals surface area (Å²) in [5, 5.41) is 0. The molecule has 0 N–H and O–H groups in total. The molecule has 0 fully saturated rings. The average molecular weight is 211 g/mol. The van der Waals surface area contributed by atoms with Gasteiger partial charge in [-0.2, -0.15) is 0 Å². The fraction of sp³-hybridized carbons (Fsp3) is 0.250. The fourth-order valence-electron chi connectivity index (χ4n) is 1.32. The summed E-state index contributed by atoms with van der Waals surface area (Å²) in [6, 6.07) is 0. The van der Waals surface area contributed by atoms with E-state index in [1.165, 1.54) is 12.8 Å². The van der Waals surface area contributed by atoms with Crippen LogP contribution in [0.5, 0.6) is 0 Å². The topological polar surface area (TPSA) is 0 Å². The van der Waals surface area contributed by atoms with Crippen molar-refractivity contribution in [3.8, 4) is 0 Å². The molecule has 0 saturated carbocycles. The minimum atomic E-state index is 1.05. The summed E-state index contributed by atoms with van der Waals surface area (Å²) in [5.41, 5.74) is 0. The van der Waals surface area contributed by atoms with Crippen LogP contribution < -0.4 is 0 Å². The smallest absolute Gasteiger partial charge is 0.0276 e. The minimum absolute atomic E-state index is 1.05. The van der Waals surface area contributed by atoms with Crippen LogP contribution in [0.3, 0.4) is 0 Å². The Morgan fingerprint density at radius 2 is 1.25 bits per heavy atom. The van der Waals surface area contributed by atoms with Gasteiger partial charge in [-0.25, -0.2) is 0 Å². The quantitative estimate of drug-likeness (QED) is 0.544. The maximum absolute atomic E-state index is 3.27. The molecule has 1 rings (SSSR count). The summed E-state index contributed by atoms with van der Waals surface area (Å²) < 4.78 is 0. The Morgan fingerprint density at radius 3 is 2.00 bits per heavy atom. The summed E-state index contributed by atoms with van der Waals surface area (Å²) in [7, 11) is 0. The van der Waals surface area contributed by atoms with Gasteiger partial charge in [0.1, 0.15) is 0 Å². The first-order valence-corrected chi connectivity index (χ1v) is 5.88. The Labute approximate surface area is 99.1 Å². The zero-order valence-corrected chi connectivity index (χ0v) is 9.68. The van der Waals surface area contributed by atoms with Crippen LogP contribution in [0.2, 0.25) is 0 Å². The lowest BCUT2D eigenvalue weighted by Gasteiger charge is -1.91. The maximum Gasteiger partial charge on any atom is -0.0276 e. The lowest BCUT2D eigenvalue weighted by molar-refractivity contribution is 0.754. The van der Waals surface area contributed by atoms with Crippen molar-refractivity contribution in [3.05, 3.63) is 72.9 Å². The molecule has 0 atom stereocenters. The van der Waals surface area contributed by atoms with Crippen LogP contribution in [0, 0.1) is 6.08 Å². The molecule has 1 aliphatic rings. The third-order valence-corrected chi connectivity index (χ3v) is 2.18. The van der Waals surface area contributed by atoms with Gasteiger partial charge in [-0.05, 0) is 31.8 Å². The molecule has 1 radical (unpaired) electrons. The zero-order valence-electron chi connectivity index (χ0n) is 9.68. The van der Waals surface area contributed by atoms with Crippen molar-refractivity contribution in [3.63, 3.8) is 0 Å². The molecule has 0 nitrogen and oxygen atoms in total. The number of allylic oxidation sites excluding steroid dienone is 12. The average Bonchev–Trinajstić information content (AvgIpc) is 2.29. The molecule has 0 aromatic heterocycles. The molecular weight excluding hydrogens is 192 g/mol. The van der Waals surface area contributed by atoms with E-state index in [2.05, 4.69) is 24.3 Å². The fourth-order valence-corrected chi connectivity index (χ4v) is 1.32. The summed E-state index contributed by atoms with van der Waals surface area (Å²) >= 11 is 0. The van der Waals surface area contributed by atoms with Crippen molar-refractivity contribution in [2.75, 3.05) is 0 Å². The summed E-state index contributed by atoms with van der Waals surface area (Å²) in [5.74, 6) is 0. The third kappa shape index (κ3) is 7.81. The van der Waals surface area contributed by atoms with E-state index in [9.17, 15) is 0 Å². The Hall–Kier alpha value is -1.56. The van der Waals surface area contributed by atoms with Crippen LogP contribution in [-0.2, 0) is 0 Å². The van der Waals surface area contributed by atoms with Crippen LogP contribution in [0.15, 0.2) is 66.8 Å². The molecule has 0 saturated heterocycles. The summed E-state index contributed by atoms with van der Waals surface area (Å²) in [4.78, 5) is 0. The second-order valence-electron chi connectivity index (χ2n) is 3.58. The largest absolute Gasteiger partial charge is 0.0845 e. The third-order valence-electron chi connectivity index (χ3n) is 2.18. The van der Waals surface area contributed by atoms with E-state index in [-0.39, 0.29) is 0 Å². The van der Waals surface area contributed by atoms with Crippen LogP contribution >= 0.6 is 0 Å². The van der Waals surface area contributed by atoms with Crippen molar-refractivity contribution in [2.24, 2.45) is 0 Å². The Bertz CT molecular complexity index is 288. The molecule has 0 heteroatoms. The first kappa shape index (κ1) is 12.5. The number of rotatable bonds is 0. The van der Waals surface area contributed by atoms with Gasteiger partial charge in [-0.3, -0.25) is 0 Å². The van der Waals surface area contributed by atoms with Crippen LogP contribution in [0.1, 0.15) is 25.7 Å². The standard InChI is InChI=1S/C16H19/c1-2-4-6-8-10-12-14-16-15-13-11-9-7-5-3-1/h1-11H,12,14-16H2/b2-1-,5-3+,6-4+,9-7+,10-8+,13-11?. The van der Waals surface area contributed by atoms with E-state index in [4.69, 9.17) is 0 Å². The lowest BCUT2D eigenvalue weighted by atomic mass is 10.2. The summed E-state index contributed by atoms with van der Waals surface area (Å²) in [6.07, 6.45) is 30.5. The molecule has 0 aliphatic heterocycles. The molecule has 0 spiro atoms. The van der Waals surface area contributed by atoms with E-state index in [0.717, 1.165) is 12.8 Å². The van der Waals surface area contributed by atoms with Gasteiger partial charge >= 0.3 is 0 Å². The molecule has 1 aliphatic carbocycles. The van der Waals surface area contributed by atoms with Crippen molar-refractivity contribution in [1.82, 2.24) is 0 Å². The van der Waals surface area contributed by atoms with Crippen molar-refractivity contribution in [1.29, 1.82) is 0 Å². The normalized spacial score (nSPS) is 30.0. The van der Waals surface area contributed by atoms with E-state index in [1.54, 1.807) is 0 Å². The highest BCUT2D eigenvalue weighted by atomic mass is 13.9.